The topological polar surface area (TPSA) is 72.7 Å². The van der Waals surface area contributed by atoms with Gasteiger partial charge in [-0.2, -0.15) is 5.10 Å². The van der Waals surface area contributed by atoms with Gasteiger partial charge in [0.05, 0.1) is 25.5 Å². The fraction of sp³-hybridized carbons (Fsp3) is 0.250. The normalized spacial score (nSPS) is 14.0. The summed E-state index contributed by atoms with van der Waals surface area (Å²) in [6, 6.07) is 19.4. The lowest BCUT2D eigenvalue weighted by Gasteiger charge is -2.34. The van der Waals surface area contributed by atoms with Gasteiger partial charge in [0.25, 0.3) is 5.91 Å². The van der Waals surface area contributed by atoms with E-state index in [1.54, 1.807) is 25.1 Å². The Bertz CT molecular complexity index is 1320. The number of para-hydroxylation sites is 1. The number of amides is 1. The molecule has 0 spiro atoms. The molecule has 8 nitrogen and oxygen atoms in total. The van der Waals surface area contributed by atoms with E-state index in [1.165, 1.54) is 5.56 Å². The highest BCUT2D eigenvalue weighted by Crippen LogP contribution is 2.35. The van der Waals surface area contributed by atoms with Crippen molar-refractivity contribution in [3.63, 3.8) is 0 Å². The average Bonchev–Trinajstić information content (AvgIpc) is 3.39. The molecule has 0 saturated carbocycles. The van der Waals surface area contributed by atoms with E-state index in [4.69, 9.17) is 14.6 Å². The van der Waals surface area contributed by atoms with Gasteiger partial charge in [0.1, 0.15) is 17.2 Å². The summed E-state index contributed by atoms with van der Waals surface area (Å²) in [7, 11) is 3.22. The molecule has 184 valence electrons. The van der Waals surface area contributed by atoms with E-state index in [9.17, 15) is 4.79 Å². The van der Waals surface area contributed by atoms with Crippen LogP contribution in [-0.2, 0) is 6.54 Å². The second kappa shape index (κ2) is 10.6. The van der Waals surface area contributed by atoms with Gasteiger partial charge in [0.2, 0.25) is 0 Å². The molecule has 0 N–H and O–H groups in total. The van der Waals surface area contributed by atoms with Crippen LogP contribution in [0.4, 0.5) is 0 Å². The molecule has 8 heteroatoms. The Morgan fingerprint density at radius 1 is 0.944 bits per heavy atom. The van der Waals surface area contributed by atoms with Crippen molar-refractivity contribution in [1.82, 2.24) is 24.6 Å². The average molecular weight is 484 g/mol. The third-order valence-corrected chi connectivity index (χ3v) is 6.42. The van der Waals surface area contributed by atoms with Gasteiger partial charge in [-0.15, -0.1) is 0 Å². The van der Waals surface area contributed by atoms with Crippen molar-refractivity contribution >= 4 is 5.91 Å². The lowest BCUT2D eigenvalue weighted by molar-refractivity contribution is 0.0629. The van der Waals surface area contributed by atoms with E-state index < -0.39 is 0 Å². The third-order valence-electron chi connectivity index (χ3n) is 6.42. The second-order valence-electron chi connectivity index (χ2n) is 8.67. The number of pyridine rings is 1. The standard InChI is InChI=1S/C28H29N5O3/c1-35-23-10-11-24(26(17-23)36-2)27-25(20-33(30-27)22-8-4-3-5-9-22)28(34)32-15-13-31(14-16-32)19-21-7-6-12-29-18-21/h3-12,17-18,20H,13-16,19H2,1-2H3. The lowest BCUT2D eigenvalue weighted by atomic mass is 10.1. The third kappa shape index (κ3) is 4.94. The molecule has 0 atom stereocenters. The molecule has 1 aliphatic heterocycles. The molecule has 0 unspecified atom stereocenters. The Labute approximate surface area is 210 Å². The monoisotopic (exact) mass is 483 g/mol. The van der Waals surface area contributed by atoms with Gasteiger partial charge in [-0.3, -0.25) is 14.7 Å². The van der Waals surface area contributed by atoms with E-state index in [2.05, 4.69) is 16.0 Å². The molecule has 1 aliphatic rings. The maximum absolute atomic E-state index is 13.8. The van der Waals surface area contributed by atoms with Crippen molar-refractivity contribution < 1.29 is 14.3 Å². The predicted octanol–water partition coefficient (Wildman–Crippen LogP) is 3.91. The number of aromatic nitrogens is 3. The van der Waals surface area contributed by atoms with Crippen molar-refractivity contribution in [3.8, 4) is 28.4 Å². The van der Waals surface area contributed by atoms with Crippen LogP contribution in [-0.4, -0.2) is 70.9 Å². The molecule has 36 heavy (non-hydrogen) atoms. The van der Waals surface area contributed by atoms with E-state index in [-0.39, 0.29) is 5.91 Å². The molecule has 2 aromatic carbocycles. The van der Waals surface area contributed by atoms with Crippen LogP contribution in [0.3, 0.4) is 0 Å². The van der Waals surface area contributed by atoms with Crippen LogP contribution in [0.15, 0.2) is 79.3 Å². The maximum Gasteiger partial charge on any atom is 0.257 e. The van der Waals surface area contributed by atoms with Crippen molar-refractivity contribution in [1.29, 1.82) is 0 Å². The quantitative estimate of drug-likeness (QED) is 0.397. The number of hydrogen-bond donors (Lipinski definition) is 0. The van der Waals surface area contributed by atoms with Crippen molar-refractivity contribution in [3.05, 3.63) is 90.4 Å². The highest BCUT2D eigenvalue weighted by atomic mass is 16.5. The van der Waals surface area contributed by atoms with Gasteiger partial charge >= 0.3 is 0 Å². The zero-order chi connectivity index (χ0) is 24.9. The van der Waals surface area contributed by atoms with E-state index in [0.29, 0.717) is 35.8 Å². The summed E-state index contributed by atoms with van der Waals surface area (Å²) in [5, 5.41) is 4.83. The zero-order valence-corrected chi connectivity index (χ0v) is 20.5. The summed E-state index contributed by atoms with van der Waals surface area (Å²) < 4.78 is 12.8. The summed E-state index contributed by atoms with van der Waals surface area (Å²) in [6.07, 6.45) is 5.49. The second-order valence-corrected chi connectivity index (χ2v) is 8.67. The summed E-state index contributed by atoms with van der Waals surface area (Å²) in [4.78, 5) is 22.3. The SMILES string of the molecule is COc1ccc(-c2nn(-c3ccccc3)cc2C(=O)N2CCN(Cc3cccnc3)CC2)c(OC)c1. The Balaban J connectivity index is 1.43. The van der Waals surface area contributed by atoms with E-state index in [1.807, 2.05) is 71.9 Å². The number of piperazine rings is 1. The molecular weight excluding hydrogens is 454 g/mol. The van der Waals surface area contributed by atoms with Crippen LogP contribution in [0, 0.1) is 0 Å². The summed E-state index contributed by atoms with van der Waals surface area (Å²) in [5.74, 6) is 1.24. The Hall–Kier alpha value is -4.17. The number of carbonyl (C=O) groups is 1. The van der Waals surface area contributed by atoms with Gasteiger partial charge < -0.3 is 14.4 Å². The Morgan fingerprint density at radius 3 is 2.44 bits per heavy atom. The molecule has 1 fully saturated rings. The summed E-state index contributed by atoms with van der Waals surface area (Å²) in [5.41, 5.74) is 3.93. The molecule has 0 bridgehead atoms. The van der Waals surface area contributed by atoms with Crippen molar-refractivity contribution in [2.45, 2.75) is 6.54 Å². The Kier molecular flexibility index (Phi) is 6.95. The zero-order valence-electron chi connectivity index (χ0n) is 20.5. The molecule has 0 radical (unpaired) electrons. The molecule has 1 amide bonds. The molecule has 0 aliphatic carbocycles. The number of ether oxygens (including phenoxy) is 2. The van der Waals surface area contributed by atoms with Crippen LogP contribution in [0.5, 0.6) is 11.5 Å². The molecule has 1 saturated heterocycles. The van der Waals surface area contributed by atoms with Crippen LogP contribution < -0.4 is 9.47 Å². The van der Waals surface area contributed by atoms with E-state index in [0.717, 1.165) is 30.9 Å². The first-order chi connectivity index (χ1) is 17.7. The predicted molar refractivity (Wildman–Crippen MR) is 138 cm³/mol. The number of hydrogen-bond acceptors (Lipinski definition) is 6. The molecule has 2 aromatic heterocycles. The molecule has 4 aromatic rings. The first-order valence-electron chi connectivity index (χ1n) is 11.9. The largest absolute Gasteiger partial charge is 0.497 e. The van der Waals surface area contributed by atoms with Gasteiger partial charge in [0.15, 0.2) is 0 Å². The summed E-state index contributed by atoms with van der Waals surface area (Å²) in [6.45, 7) is 3.73. The minimum Gasteiger partial charge on any atom is -0.497 e. The highest BCUT2D eigenvalue weighted by Gasteiger charge is 2.28. The first-order valence-corrected chi connectivity index (χ1v) is 11.9. The van der Waals surface area contributed by atoms with Crippen LogP contribution in [0.25, 0.3) is 16.9 Å². The van der Waals surface area contributed by atoms with Gasteiger partial charge in [-0.25, -0.2) is 4.68 Å². The summed E-state index contributed by atoms with van der Waals surface area (Å²) >= 11 is 0. The first kappa shape index (κ1) is 23.6. The van der Waals surface area contributed by atoms with Gasteiger partial charge in [0, 0.05) is 62.9 Å². The fourth-order valence-corrected chi connectivity index (χ4v) is 4.47. The minimum atomic E-state index is -0.0360. The van der Waals surface area contributed by atoms with Gasteiger partial charge in [-0.05, 0) is 35.9 Å². The highest BCUT2D eigenvalue weighted by molar-refractivity contribution is 6.00. The smallest absolute Gasteiger partial charge is 0.257 e. The van der Waals surface area contributed by atoms with Crippen LogP contribution in [0.2, 0.25) is 0 Å². The van der Waals surface area contributed by atoms with Crippen LogP contribution >= 0.6 is 0 Å². The molecular formula is C28H29N5O3. The number of rotatable bonds is 7. The molecule has 5 rings (SSSR count). The number of nitrogens with zero attached hydrogens (tertiary/aromatic N) is 5. The maximum atomic E-state index is 13.8. The van der Waals surface area contributed by atoms with Crippen molar-refractivity contribution in [2.24, 2.45) is 0 Å². The van der Waals surface area contributed by atoms with Crippen molar-refractivity contribution in [2.75, 3.05) is 40.4 Å². The minimum absolute atomic E-state index is 0.0360. The fourth-order valence-electron chi connectivity index (χ4n) is 4.47. The molecule has 3 heterocycles. The lowest BCUT2D eigenvalue weighted by Crippen LogP contribution is -2.48. The number of methoxy groups -OCH3 is 2. The number of carbonyl (C=O) groups excluding carboxylic acids is 1. The van der Waals surface area contributed by atoms with Gasteiger partial charge in [-0.1, -0.05) is 24.3 Å². The van der Waals surface area contributed by atoms with E-state index >= 15 is 0 Å². The number of benzene rings is 2. The van der Waals surface area contributed by atoms with Crippen LogP contribution in [0.1, 0.15) is 15.9 Å². The Morgan fingerprint density at radius 2 is 1.75 bits per heavy atom.